The van der Waals surface area contributed by atoms with Gasteiger partial charge in [-0.1, -0.05) is 12.1 Å². The van der Waals surface area contributed by atoms with Crippen molar-refractivity contribution in [3.05, 3.63) is 29.8 Å². The van der Waals surface area contributed by atoms with E-state index in [0.29, 0.717) is 13.0 Å². The Morgan fingerprint density at radius 1 is 1.29 bits per heavy atom. The van der Waals surface area contributed by atoms with Crippen LogP contribution in [0.25, 0.3) is 0 Å². The summed E-state index contributed by atoms with van der Waals surface area (Å²) in [5.41, 5.74) is 0.831. The fourth-order valence-corrected chi connectivity index (χ4v) is 1.87. The van der Waals surface area contributed by atoms with Gasteiger partial charge in [-0.2, -0.15) is 8.78 Å². The molecule has 0 saturated heterocycles. The molecule has 0 aliphatic carbocycles. The number of nitrogens with one attached hydrogen (secondary N) is 2. The molecular weight excluding hydrogens is 278 g/mol. The molecule has 4 nitrogen and oxygen atoms in total. The van der Waals surface area contributed by atoms with Crippen molar-refractivity contribution in [3.8, 4) is 5.75 Å². The van der Waals surface area contributed by atoms with Gasteiger partial charge in [-0.3, -0.25) is 4.79 Å². The van der Waals surface area contributed by atoms with Gasteiger partial charge in [-0.25, -0.2) is 0 Å². The minimum absolute atomic E-state index is 0.0144. The van der Waals surface area contributed by atoms with Crippen molar-refractivity contribution in [2.75, 3.05) is 6.54 Å². The van der Waals surface area contributed by atoms with Gasteiger partial charge in [0.25, 0.3) is 0 Å². The van der Waals surface area contributed by atoms with E-state index in [4.69, 9.17) is 0 Å². The second-order valence-electron chi connectivity index (χ2n) is 5.10. The van der Waals surface area contributed by atoms with Crippen LogP contribution < -0.4 is 15.4 Å². The van der Waals surface area contributed by atoms with Crippen molar-refractivity contribution in [2.45, 2.75) is 45.9 Å². The van der Waals surface area contributed by atoms with Crippen molar-refractivity contribution in [2.24, 2.45) is 0 Å². The number of carbonyl (C=O) groups is 1. The lowest BCUT2D eigenvalue weighted by Crippen LogP contribution is -2.33. The molecule has 1 aromatic rings. The number of benzene rings is 1. The number of carbonyl (C=O) groups excluding carboxylic acids is 1. The van der Waals surface area contributed by atoms with Crippen LogP contribution in [0.4, 0.5) is 8.78 Å². The Labute approximate surface area is 123 Å². The summed E-state index contributed by atoms with van der Waals surface area (Å²) in [4.78, 5) is 11.5. The summed E-state index contributed by atoms with van der Waals surface area (Å²) in [6, 6.07) is 6.60. The first-order chi connectivity index (χ1) is 9.88. The third-order valence-electron chi connectivity index (χ3n) is 2.84. The van der Waals surface area contributed by atoms with Gasteiger partial charge < -0.3 is 15.4 Å². The number of hydrogen-bond donors (Lipinski definition) is 2. The van der Waals surface area contributed by atoms with Gasteiger partial charge >= 0.3 is 6.61 Å². The van der Waals surface area contributed by atoms with Crippen LogP contribution >= 0.6 is 0 Å². The topological polar surface area (TPSA) is 50.4 Å². The largest absolute Gasteiger partial charge is 0.435 e. The maximum atomic E-state index is 12.2. The molecule has 0 spiro atoms. The molecule has 0 aliphatic rings. The van der Waals surface area contributed by atoms with Gasteiger partial charge in [0.2, 0.25) is 5.91 Å². The van der Waals surface area contributed by atoms with Crippen molar-refractivity contribution in [1.82, 2.24) is 10.6 Å². The van der Waals surface area contributed by atoms with Gasteiger partial charge in [0, 0.05) is 25.0 Å². The number of alkyl halides is 2. The highest BCUT2D eigenvalue weighted by atomic mass is 19.3. The normalized spacial score (nSPS) is 12.5. The predicted molar refractivity (Wildman–Crippen MR) is 77.4 cm³/mol. The zero-order valence-electron chi connectivity index (χ0n) is 12.5. The molecule has 0 bridgehead atoms. The summed E-state index contributed by atoms with van der Waals surface area (Å²) in [6.07, 6.45) is 0.371. The molecule has 1 rings (SSSR count). The highest BCUT2D eigenvalue weighted by Gasteiger charge is 2.10. The molecule has 0 saturated carbocycles. The monoisotopic (exact) mass is 300 g/mol. The lowest BCUT2D eigenvalue weighted by molar-refractivity contribution is -0.121. The molecule has 0 fully saturated rings. The summed E-state index contributed by atoms with van der Waals surface area (Å²) in [7, 11) is 0. The van der Waals surface area contributed by atoms with Crippen LogP contribution in [0.3, 0.4) is 0 Å². The highest BCUT2D eigenvalue weighted by Crippen LogP contribution is 2.20. The Hall–Kier alpha value is -1.69. The van der Waals surface area contributed by atoms with Crippen LogP contribution in [0.15, 0.2) is 24.3 Å². The molecule has 0 aromatic heterocycles. The molecule has 2 N–H and O–H groups in total. The number of hydrogen-bond acceptors (Lipinski definition) is 3. The molecule has 21 heavy (non-hydrogen) atoms. The summed E-state index contributed by atoms with van der Waals surface area (Å²) in [5.74, 6) is 0.119. The maximum Gasteiger partial charge on any atom is 0.387 e. The van der Waals surface area contributed by atoms with Crippen LogP contribution in [-0.2, 0) is 4.79 Å². The van der Waals surface area contributed by atoms with Crippen molar-refractivity contribution in [3.63, 3.8) is 0 Å². The standard InChI is InChI=1S/C15H22F2N2O2/c1-10(2)19-14(20)7-8-18-11(3)12-5-4-6-13(9-12)21-15(16)17/h4-6,9-11,15,18H,7-8H2,1-3H3,(H,19,20). The Balaban J connectivity index is 2.44. The number of halogens is 2. The van der Waals surface area contributed by atoms with Crippen molar-refractivity contribution >= 4 is 5.91 Å². The van der Waals surface area contributed by atoms with Gasteiger partial charge in [-0.15, -0.1) is 0 Å². The van der Waals surface area contributed by atoms with Gasteiger partial charge in [-0.05, 0) is 38.5 Å². The average molecular weight is 300 g/mol. The van der Waals surface area contributed by atoms with Crippen molar-refractivity contribution < 1.29 is 18.3 Å². The Morgan fingerprint density at radius 3 is 2.62 bits per heavy atom. The quantitative estimate of drug-likeness (QED) is 0.776. The molecule has 0 heterocycles. The SMILES string of the molecule is CC(C)NC(=O)CCNC(C)c1cccc(OC(F)F)c1. The summed E-state index contributed by atoms with van der Waals surface area (Å²) in [6.45, 7) is 3.40. The first-order valence-electron chi connectivity index (χ1n) is 6.96. The van der Waals surface area contributed by atoms with Crippen LogP contribution in [0.5, 0.6) is 5.75 Å². The van der Waals surface area contributed by atoms with Crippen LogP contribution in [-0.4, -0.2) is 25.1 Å². The fourth-order valence-electron chi connectivity index (χ4n) is 1.87. The van der Waals surface area contributed by atoms with E-state index in [0.717, 1.165) is 5.56 Å². The molecule has 6 heteroatoms. The van der Waals surface area contributed by atoms with Gasteiger partial charge in [0.15, 0.2) is 0 Å². The van der Waals surface area contributed by atoms with E-state index in [2.05, 4.69) is 15.4 Å². The zero-order chi connectivity index (χ0) is 15.8. The molecule has 0 radical (unpaired) electrons. The van der Waals surface area contributed by atoms with E-state index >= 15 is 0 Å². The summed E-state index contributed by atoms with van der Waals surface area (Å²) < 4.78 is 28.7. The Morgan fingerprint density at radius 2 is 2.00 bits per heavy atom. The van der Waals surface area contributed by atoms with E-state index in [-0.39, 0.29) is 23.7 Å². The molecule has 1 aromatic carbocycles. The van der Waals surface area contributed by atoms with Crippen LogP contribution in [0.2, 0.25) is 0 Å². The zero-order valence-corrected chi connectivity index (χ0v) is 12.5. The lowest BCUT2D eigenvalue weighted by atomic mass is 10.1. The third kappa shape index (κ3) is 7.04. The fraction of sp³-hybridized carbons (Fsp3) is 0.533. The Bertz CT molecular complexity index is 453. The van der Waals surface area contributed by atoms with Crippen molar-refractivity contribution in [1.29, 1.82) is 0 Å². The minimum Gasteiger partial charge on any atom is -0.435 e. The number of ether oxygens (including phenoxy) is 1. The smallest absolute Gasteiger partial charge is 0.387 e. The third-order valence-corrected chi connectivity index (χ3v) is 2.84. The van der Waals surface area contributed by atoms with Crippen LogP contribution in [0.1, 0.15) is 38.8 Å². The Kier molecular flexibility index (Phi) is 7.08. The molecule has 1 atom stereocenters. The summed E-state index contributed by atoms with van der Waals surface area (Å²) >= 11 is 0. The molecule has 118 valence electrons. The predicted octanol–water partition coefficient (Wildman–Crippen LogP) is 2.85. The average Bonchev–Trinajstić information content (AvgIpc) is 2.37. The van der Waals surface area contributed by atoms with E-state index in [9.17, 15) is 13.6 Å². The second-order valence-corrected chi connectivity index (χ2v) is 5.10. The van der Waals surface area contributed by atoms with Gasteiger partial charge in [0.1, 0.15) is 5.75 Å². The van der Waals surface area contributed by atoms with E-state index in [1.165, 1.54) is 6.07 Å². The molecule has 0 aliphatic heterocycles. The highest BCUT2D eigenvalue weighted by molar-refractivity contribution is 5.76. The first-order valence-corrected chi connectivity index (χ1v) is 6.96. The van der Waals surface area contributed by atoms with E-state index in [1.807, 2.05) is 26.8 Å². The molecular formula is C15H22F2N2O2. The molecule has 1 unspecified atom stereocenters. The maximum absolute atomic E-state index is 12.2. The minimum atomic E-state index is -2.83. The lowest BCUT2D eigenvalue weighted by Gasteiger charge is -2.16. The summed E-state index contributed by atoms with van der Waals surface area (Å²) in [5, 5.41) is 5.98. The van der Waals surface area contributed by atoms with Crippen LogP contribution in [0, 0.1) is 0 Å². The van der Waals surface area contributed by atoms with E-state index in [1.54, 1.807) is 12.1 Å². The number of rotatable bonds is 8. The number of amides is 1. The second kappa shape index (κ2) is 8.56. The van der Waals surface area contributed by atoms with Gasteiger partial charge in [0.05, 0.1) is 0 Å². The first kappa shape index (κ1) is 17.4. The van der Waals surface area contributed by atoms with E-state index < -0.39 is 6.61 Å². The molecule has 1 amide bonds.